The highest BCUT2D eigenvalue weighted by atomic mass is 16.5. The van der Waals surface area contributed by atoms with Gasteiger partial charge in [0.2, 0.25) is 0 Å². The predicted molar refractivity (Wildman–Crippen MR) is 85.5 cm³/mol. The lowest BCUT2D eigenvalue weighted by atomic mass is 10.0. The molecule has 0 heterocycles. The summed E-state index contributed by atoms with van der Waals surface area (Å²) in [6, 6.07) is 8.68. The molecular weight excluding hydrogens is 250 g/mol. The van der Waals surface area contributed by atoms with Crippen LogP contribution in [0.4, 0.5) is 0 Å². The highest BCUT2D eigenvalue weighted by Crippen LogP contribution is 2.14. The Kier molecular flexibility index (Phi) is 7.73. The fourth-order valence-electron chi connectivity index (χ4n) is 1.87. The highest BCUT2D eigenvalue weighted by molar-refractivity contribution is 5.79. The standard InChI is InChI=1S/C16H27N3O/c1-5-20-11-10-18-16(17-4)19-12-14(3)15-8-6-13(2)7-9-15/h6-9,14H,5,10-12H2,1-4H3,(H2,17,18,19). The van der Waals surface area contributed by atoms with E-state index in [9.17, 15) is 0 Å². The first kappa shape index (κ1) is 16.5. The van der Waals surface area contributed by atoms with E-state index in [0.717, 1.165) is 25.7 Å². The van der Waals surface area contributed by atoms with E-state index in [2.05, 4.69) is 53.7 Å². The van der Waals surface area contributed by atoms with Crippen molar-refractivity contribution in [2.75, 3.05) is 33.4 Å². The molecular formula is C16H27N3O. The summed E-state index contributed by atoms with van der Waals surface area (Å²) in [5.74, 6) is 1.27. The number of nitrogens with zero attached hydrogens (tertiary/aromatic N) is 1. The minimum atomic E-state index is 0.445. The van der Waals surface area contributed by atoms with Crippen molar-refractivity contribution in [3.63, 3.8) is 0 Å². The molecule has 1 aromatic carbocycles. The largest absolute Gasteiger partial charge is 0.380 e. The molecule has 0 aliphatic heterocycles. The van der Waals surface area contributed by atoms with Gasteiger partial charge in [-0.1, -0.05) is 36.8 Å². The number of aryl methyl sites for hydroxylation is 1. The fraction of sp³-hybridized carbons (Fsp3) is 0.562. The van der Waals surface area contributed by atoms with Gasteiger partial charge in [0.15, 0.2) is 5.96 Å². The van der Waals surface area contributed by atoms with E-state index in [4.69, 9.17) is 4.74 Å². The van der Waals surface area contributed by atoms with Crippen LogP contribution in [0, 0.1) is 6.92 Å². The van der Waals surface area contributed by atoms with Gasteiger partial charge in [-0.25, -0.2) is 0 Å². The van der Waals surface area contributed by atoms with Gasteiger partial charge in [0, 0.05) is 26.7 Å². The van der Waals surface area contributed by atoms with Crippen LogP contribution >= 0.6 is 0 Å². The van der Waals surface area contributed by atoms with Crippen LogP contribution in [0.3, 0.4) is 0 Å². The van der Waals surface area contributed by atoms with Gasteiger partial charge in [-0.05, 0) is 25.3 Å². The van der Waals surface area contributed by atoms with E-state index in [0.29, 0.717) is 12.5 Å². The zero-order chi connectivity index (χ0) is 14.8. The maximum Gasteiger partial charge on any atom is 0.191 e. The lowest BCUT2D eigenvalue weighted by Crippen LogP contribution is -2.40. The van der Waals surface area contributed by atoms with Crippen LogP contribution in [0.1, 0.15) is 30.9 Å². The lowest BCUT2D eigenvalue weighted by Gasteiger charge is -2.16. The molecule has 1 rings (SSSR count). The van der Waals surface area contributed by atoms with Crippen LogP contribution in [0.15, 0.2) is 29.3 Å². The second-order valence-electron chi connectivity index (χ2n) is 4.89. The van der Waals surface area contributed by atoms with Gasteiger partial charge in [0.1, 0.15) is 0 Å². The van der Waals surface area contributed by atoms with E-state index < -0.39 is 0 Å². The number of hydrogen-bond donors (Lipinski definition) is 2. The molecule has 0 aromatic heterocycles. The number of ether oxygens (including phenoxy) is 1. The first-order chi connectivity index (χ1) is 9.67. The Morgan fingerprint density at radius 2 is 1.95 bits per heavy atom. The zero-order valence-corrected chi connectivity index (χ0v) is 13.1. The van der Waals surface area contributed by atoms with Crippen molar-refractivity contribution < 1.29 is 4.74 Å². The van der Waals surface area contributed by atoms with Crippen LogP contribution in [-0.2, 0) is 4.74 Å². The minimum Gasteiger partial charge on any atom is -0.380 e. The maximum atomic E-state index is 5.29. The van der Waals surface area contributed by atoms with Gasteiger partial charge in [0.25, 0.3) is 0 Å². The molecule has 1 unspecified atom stereocenters. The molecule has 20 heavy (non-hydrogen) atoms. The SMILES string of the molecule is CCOCCNC(=NC)NCC(C)c1ccc(C)cc1. The summed E-state index contributed by atoms with van der Waals surface area (Å²) >= 11 is 0. The van der Waals surface area contributed by atoms with Gasteiger partial charge in [0.05, 0.1) is 6.61 Å². The molecule has 112 valence electrons. The number of nitrogens with one attached hydrogen (secondary N) is 2. The van der Waals surface area contributed by atoms with E-state index in [1.807, 2.05) is 6.92 Å². The monoisotopic (exact) mass is 277 g/mol. The third-order valence-electron chi connectivity index (χ3n) is 3.19. The maximum absolute atomic E-state index is 5.29. The summed E-state index contributed by atoms with van der Waals surface area (Å²) in [6.45, 7) is 9.39. The third kappa shape index (κ3) is 6.06. The lowest BCUT2D eigenvalue weighted by molar-refractivity contribution is 0.152. The number of guanidine groups is 1. The summed E-state index contributed by atoms with van der Waals surface area (Å²) in [5.41, 5.74) is 2.63. The Hall–Kier alpha value is -1.55. The molecule has 1 atom stereocenters. The van der Waals surface area contributed by atoms with Gasteiger partial charge in [-0.15, -0.1) is 0 Å². The molecule has 0 saturated carbocycles. The van der Waals surface area contributed by atoms with Crippen molar-refractivity contribution in [3.8, 4) is 0 Å². The molecule has 0 aliphatic rings. The second kappa shape index (κ2) is 9.37. The van der Waals surface area contributed by atoms with E-state index >= 15 is 0 Å². The van der Waals surface area contributed by atoms with Crippen LogP contribution in [0.2, 0.25) is 0 Å². The van der Waals surface area contributed by atoms with Crippen molar-refractivity contribution in [2.45, 2.75) is 26.7 Å². The van der Waals surface area contributed by atoms with Gasteiger partial charge in [-0.2, -0.15) is 0 Å². The van der Waals surface area contributed by atoms with E-state index in [1.165, 1.54) is 11.1 Å². The Balaban J connectivity index is 2.34. The van der Waals surface area contributed by atoms with Crippen LogP contribution in [0.5, 0.6) is 0 Å². The quantitative estimate of drug-likeness (QED) is 0.457. The van der Waals surface area contributed by atoms with Crippen molar-refractivity contribution in [2.24, 2.45) is 4.99 Å². The molecule has 0 aliphatic carbocycles. The average Bonchev–Trinajstić information content (AvgIpc) is 2.47. The second-order valence-corrected chi connectivity index (χ2v) is 4.89. The average molecular weight is 277 g/mol. The number of benzene rings is 1. The fourth-order valence-corrected chi connectivity index (χ4v) is 1.87. The van der Waals surface area contributed by atoms with E-state index in [1.54, 1.807) is 7.05 Å². The summed E-state index contributed by atoms with van der Waals surface area (Å²) in [5, 5.41) is 6.58. The molecule has 1 aromatic rings. The Bertz CT molecular complexity index is 401. The molecule has 0 fully saturated rings. The third-order valence-corrected chi connectivity index (χ3v) is 3.19. The molecule has 0 amide bonds. The van der Waals surface area contributed by atoms with Crippen molar-refractivity contribution in [1.82, 2.24) is 10.6 Å². The molecule has 0 saturated heterocycles. The normalized spacial score (nSPS) is 13.1. The minimum absolute atomic E-state index is 0.445. The molecule has 0 bridgehead atoms. The topological polar surface area (TPSA) is 45.6 Å². The highest BCUT2D eigenvalue weighted by Gasteiger charge is 2.06. The van der Waals surface area contributed by atoms with Crippen molar-refractivity contribution in [3.05, 3.63) is 35.4 Å². The summed E-state index contributed by atoms with van der Waals surface area (Å²) < 4.78 is 5.29. The first-order valence-corrected chi connectivity index (χ1v) is 7.26. The van der Waals surface area contributed by atoms with Crippen molar-refractivity contribution >= 4 is 5.96 Å². The molecule has 2 N–H and O–H groups in total. The molecule has 0 radical (unpaired) electrons. The Morgan fingerprint density at radius 1 is 1.25 bits per heavy atom. The zero-order valence-electron chi connectivity index (χ0n) is 13.1. The number of hydrogen-bond acceptors (Lipinski definition) is 2. The smallest absolute Gasteiger partial charge is 0.191 e. The van der Waals surface area contributed by atoms with Gasteiger partial charge < -0.3 is 15.4 Å². The molecule has 0 spiro atoms. The van der Waals surface area contributed by atoms with Crippen LogP contribution in [0.25, 0.3) is 0 Å². The number of aliphatic imine (C=N–C) groups is 1. The van der Waals surface area contributed by atoms with E-state index in [-0.39, 0.29) is 0 Å². The Morgan fingerprint density at radius 3 is 2.55 bits per heavy atom. The first-order valence-electron chi connectivity index (χ1n) is 7.26. The molecule has 4 nitrogen and oxygen atoms in total. The summed E-state index contributed by atoms with van der Waals surface area (Å²) in [4.78, 5) is 4.20. The van der Waals surface area contributed by atoms with Crippen LogP contribution in [-0.4, -0.2) is 39.3 Å². The van der Waals surface area contributed by atoms with Gasteiger partial charge >= 0.3 is 0 Å². The molecule has 4 heteroatoms. The van der Waals surface area contributed by atoms with Gasteiger partial charge in [-0.3, -0.25) is 4.99 Å². The van der Waals surface area contributed by atoms with Crippen molar-refractivity contribution in [1.29, 1.82) is 0 Å². The Labute approximate surface area is 122 Å². The summed E-state index contributed by atoms with van der Waals surface area (Å²) in [6.07, 6.45) is 0. The number of rotatable bonds is 7. The van der Waals surface area contributed by atoms with Crippen LogP contribution < -0.4 is 10.6 Å². The predicted octanol–water partition coefficient (Wildman–Crippen LogP) is 2.30. The summed E-state index contributed by atoms with van der Waals surface area (Å²) in [7, 11) is 1.78.